The third kappa shape index (κ3) is 13.2. The molecule has 12 nitrogen and oxygen atoms in total. The zero-order valence-electron chi connectivity index (χ0n) is 18.1. The molecular weight excluding hydrogens is 410 g/mol. The maximum atomic E-state index is 12.7. The van der Waals surface area contributed by atoms with Gasteiger partial charge in [0, 0.05) is 6.42 Å². The van der Waals surface area contributed by atoms with Crippen LogP contribution in [-0.2, 0) is 24.0 Å². The van der Waals surface area contributed by atoms with Gasteiger partial charge >= 0.3 is 11.9 Å². The van der Waals surface area contributed by atoms with Crippen molar-refractivity contribution < 1.29 is 34.2 Å². The van der Waals surface area contributed by atoms with Crippen LogP contribution in [0.3, 0.4) is 0 Å². The molecular formula is C19H35N5O7. The zero-order valence-corrected chi connectivity index (χ0v) is 18.1. The van der Waals surface area contributed by atoms with Gasteiger partial charge in [-0.3, -0.25) is 24.0 Å². The smallest absolute Gasteiger partial charge is 0.322 e. The summed E-state index contributed by atoms with van der Waals surface area (Å²) >= 11 is 0. The molecule has 0 bridgehead atoms. The van der Waals surface area contributed by atoms with E-state index in [0.717, 1.165) is 0 Å². The summed E-state index contributed by atoms with van der Waals surface area (Å²) in [7, 11) is 0. The number of carboxylic acid groups (broad SMARTS) is 2. The van der Waals surface area contributed by atoms with Gasteiger partial charge in [-0.1, -0.05) is 20.3 Å². The molecule has 178 valence electrons. The quantitative estimate of drug-likeness (QED) is 0.138. The van der Waals surface area contributed by atoms with E-state index < -0.39 is 54.3 Å². The van der Waals surface area contributed by atoms with E-state index in [1.54, 1.807) is 0 Å². The molecule has 0 heterocycles. The van der Waals surface area contributed by atoms with E-state index in [9.17, 15) is 24.0 Å². The molecule has 0 aromatic carbocycles. The molecule has 0 aliphatic rings. The van der Waals surface area contributed by atoms with Gasteiger partial charge in [0.05, 0.1) is 6.04 Å². The van der Waals surface area contributed by atoms with Crippen LogP contribution in [0, 0.1) is 5.92 Å². The Balaban J connectivity index is 5.23. The largest absolute Gasteiger partial charge is 0.481 e. The maximum absolute atomic E-state index is 12.7. The summed E-state index contributed by atoms with van der Waals surface area (Å²) in [4.78, 5) is 59.0. The lowest BCUT2D eigenvalue weighted by molar-refractivity contribution is -0.138. The molecule has 31 heavy (non-hydrogen) atoms. The first kappa shape index (κ1) is 28.3. The Morgan fingerprint density at radius 3 is 1.97 bits per heavy atom. The van der Waals surface area contributed by atoms with Crippen LogP contribution in [-0.4, -0.2) is 71.1 Å². The molecule has 0 aromatic heterocycles. The number of nitrogens with one attached hydrogen (secondary N) is 3. The van der Waals surface area contributed by atoms with Crippen molar-refractivity contribution in [3.8, 4) is 0 Å². The van der Waals surface area contributed by atoms with E-state index in [1.165, 1.54) is 0 Å². The SMILES string of the molecule is CC(C)CC(NC(=O)C(CCC(=O)O)NC(=O)C(N)CCCCN)C(=O)NCC(=O)O. The second-order valence-corrected chi connectivity index (χ2v) is 7.69. The van der Waals surface area contributed by atoms with Crippen LogP contribution in [0.25, 0.3) is 0 Å². The third-order valence-electron chi connectivity index (χ3n) is 4.34. The standard InChI is InChI=1S/C19H35N5O7/c1-11(2)9-14(18(30)22-10-16(27)28)24-19(31)13(6-7-15(25)26)23-17(29)12(21)5-3-4-8-20/h11-14H,3-10,20-21H2,1-2H3,(H,22,30)(H,23,29)(H,24,31)(H,25,26)(H,27,28). The van der Waals surface area contributed by atoms with Crippen LogP contribution in [0.5, 0.6) is 0 Å². The normalized spacial score (nSPS) is 13.7. The highest BCUT2D eigenvalue weighted by molar-refractivity contribution is 5.93. The lowest BCUT2D eigenvalue weighted by Gasteiger charge is -2.24. The summed E-state index contributed by atoms with van der Waals surface area (Å²) in [6.45, 7) is 3.47. The van der Waals surface area contributed by atoms with Crippen LogP contribution in [0.4, 0.5) is 0 Å². The van der Waals surface area contributed by atoms with E-state index in [-0.39, 0.29) is 25.2 Å². The topological polar surface area (TPSA) is 214 Å². The van der Waals surface area contributed by atoms with Gasteiger partial charge in [-0.05, 0) is 38.1 Å². The molecule has 0 aliphatic carbocycles. The van der Waals surface area contributed by atoms with Crippen LogP contribution in [0.2, 0.25) is 0 Å². The lowest BCUT2D eigenvalue weighted by Crippen LogP contribution is -2.56. The molecule has 0 aliphatic heterocycles. The number of unbranched alkanes of at least 4 members (excludes halogenated alkanes) is 1. The van der Waals surface area contributed by atoms with Gasteiger partial charge in [0.15, 0.2) is 0 Å². The maximum Gasteiger partial charge on any atom is 0.322 e. The molecule has 0 fully saturated rings. The van der Waals surface area contributed by atoms with Crippen molar-refractivity contribution in [2.45, 2.75) is 70.5 Å². The van der Waals surface area contributed by atoms with E-state index >= 15 is 0 Å². The number of carboxylic acids is 2. The number of carbonyl (C=O) groups is 5. The van der Waals surface area contributed by atoms with E-state index in [2.05, 4.69) is 16.0 Å². The Bertz CT molecular complexity index is 627. The number of amides is 3. The summed E-state index contributed by atoms with van der Waals surface area (Å²) in [5.74, 6) is -4.45. The zero-order chi connectivity index (χ0) is 24.0. The second kappa shape index (κ2) is 15.1. The lowest BCUT2D eigenvalue weighted by atomic mass is 10.0. The van der Waals surface area contributed by atoms with Crippen LogP contribution in [0.15, 0.2) is 0 Å². The van der Waals surface area contributed by atoms with Crippen LogP contribution >= 0.6 is 0 Å². The molecule has 0 saturated carbocycles. The average molecular weight is 446 g/mol. The Labute approximate surface area is 181 Å². The fourth-order valence-electron chi connectivity index (χ4n) is 2.72. The first-order chi connectivity index (χ1) is 14.5. The Morgan fingerprint density at radius 1 is 0.839 bits per heavy atom. The Hall–Kier alpha value is -2.73. The predicted octanol–water partition coefficient (Wildman–Crippen LogP) is -1.48. The van der Waals surface area contributed by atoms with Gasteiger partial charge in [-0.15, -0.1) is 0 Å². The highest BCUT2D eigenvalue weighted by Gasteiger charge is 2.29. The second-order valence-electron chi connectivity index (χ2n) is 7.69. The van der Waals surface area contributed by atoms with Crippen LogP contribution < -0.4 is 27.4 Å². The minimum Gasteiger partial charge on any atom is -0.481 e. The predicted molar refractivity (Wildman–Crippen MR) is 112 cm³/mol. The summed E-state index contributed by atoms with van der Waals surface area (Å²) in [6, 6.07) is -3.16. The highest BCUT2D eigenvalue weighted by atomic mass is 16.4. The number of carbonyl (C=O) groups excluding carboxylic acids is 3. The molecule has 0 spiro atoms. The van der Waals surface area contributed by atoms with Crippen molar-refractivity contribution in [3.63, 3.8) is 0 Å². The summed E-state index contributed by atoms with van der Waals surface area (Å²) in [5.41, 5.74) is 11.2. The molecule has 9 N–H and O–H groups in total. The van der Waals surface area contributed by atoms with Crippen molar-refractivity contribution in [2.24, 2.45) is 17.4 Å². The molecule has 0 saturated heterocycles. The van der Waals surface area contributed by atoms with Gasteiger partial charge in [-0.25, -0.2) is 0 Å². The van der Waals surface area contributed by atoms with E-state index in [4.69, 9.17) is 21.7 Å². The number of hydrogen-bond donors (Lipinski definition) is 7. The molecule has 3 atom stereocenters. The molecule has 3 unspecified atom stereocenters. The molecule has 3 amide bonds. The van der Waals surface area contributed by atoms with Gasteiger partial charge < -0.3 is 37.6 Å². The average Bonchev–Trinajstić information content (AvgIpc) is 2.67. The van der Waals surface area contributed by atoms with Crippen molar-refractivity contribution in [1.29, 1.82) is 0 Å². The molecule has 0 aromatic rings. The molecule has 0 rings (SSSR count). The van der Waals surface area contributed by atoms with Crippen molar-refractivity contribution in [1.82, 2.24) is 16.0 Å². The van der Waals surface area contributed by atoms with Crippen molar-refractivity contribution in [3.05, 3.63) is 0 Å². The molecule has 12 heteroatoms. The molecule has 0 radical (unpaired) electrons. The highest BCUT2D eigenvalue weighted by Crippen LogP contribution is 2.08. The third-order valence-corrected chi connectivity index (χ3v) is 4.34. The first-order valence-electron chi connectivity index (χ1n) is 10.3. The van der Waals surface area contributed by atoms with Crippen molar-refractivity contribution in [2.75, 3.05) is 13.1 Å². The van der Waals surface area contributed by atoms with Gasteiger partial charge in [0.1, 0.15) is 18.6 Å². The van der Waals surface area contributed by atoms with E-state index in [1.807, 2.05) is 13.8 Å². The van der Waals surface area contributed by atoms with Crippen molar-refractivity contribution >= 4 is 29.7 Å². The number of hydrogen-bond acceptors (Lipinski definition) is 7. The van der Waals surface area contributed by atoms with E-state index in [0.29, 0.717) is 25.8 Å². The monoisotopic (exact) mass is 445 g/mol. The van der Waals surface area contributed by atoms with Crippen LogP contribution in [0.1, 0.15) is 52.4 Å². The Kier molecular flexibility index (Phi) is 13.8. The fourth-order valence-corrected chi connectivity index (χ4v) is 2.72. The summed E-state index contributed by atoms with van der Waals surface area (Å²) in [5, 5.41) is 24.8. The minimum atomic E-state index is -1.24. The van der Waals surface area contributed by atoms with Gasteiger partial charge in [0.25, 0.3) is 0 Å². The summed E-state index contributed by atoms with van der Waals surface area (Å²) < 4.78 is 0. The fraction of sp³-hybridized carbons (Fsp3) is 0.737. The summed E-state index contributed by atoms with van der Waals surface area (Å²) in [6.07, 6.45) is 1.29. The minimum absolute atomic E-state index is 0.0103. The number of nitrogens with two attached hydrogens (primary N) is 2. The number of rotatable bonds is 16. The number of aliphatic carboxylic acids is 2. The Morgan fingerprint density at radius 2 is 1.45 bits per heavy atom. The van der Waals surface area contributed by atoms with Gasteiger partial charge in [0.2, 0.25) is 17.7 Å². The first-order valence-corrected chi connectivity index (χ1v) is 10.3. The van der Waals surface area contributed by atoms with Gasteiger partial charge in [-0.2, -0.15) is 0 Å².